The molecule has 1 aromatic carbocycles. The average Bonchev–Trinajstić information content (AvgIpc) is 3.34. The molecule has 1 amide bonds. The molecule has 0 saturated carbocycles. The van der Waals surface area contributed by atoms with Crippen LogP contribution >= 0.6 is 0 Å². The molecule has 3 atom stereocenters. The van der Waals surface area contributed by atoms with E-state index in [-0.39, 0.29) is 11.9 Å². The number of rotatable bonds is 4. The van der Waals surface area contributed by atoms with Crippen molar-refractivity contribution < 1.29 is 4.79 Å². The molecule has 2 saturated heterocycles. The molecule has 2 fully saturated rings. The van der Waals surface area contributed by atoms with Gasteiger partial charge in [0, 0.05) is 43.0 Å². The predicted molar refractivity (Wildman–Crippen MR) is 101 cm³/mol. The molecule has 0 unspecified atom stereocenters. The van der Waals surface area contributed by atoms with Gasteiger partial charge in [0.05, 0.1) is 12.1 Å². The van der Waals surface area contributed by atoms with Gasteiger partial charge in [0.1, 0.15) is 5.82 Å². The number of hydrogen-bond acceptors (Lipinski definition) is 5. The molecule has 2 bridgehead atoms. The number of fused-ring (bicyclic) bond motifs is 3. The van der Waals surface area contributed by atoms with Crippen LogP contribution in [0.5, 0.6) is 0 Å². The smallest absolute Gasteiger partial charge is 0.272 e. The summed E-state index contributed by atoms with van der Waals surface area (Å²) >= 11 is 0. The first-order valence-electron chi connectivity index (χ1n) is 9.45. The van der Waals surface area contributed by atoms with Crippen LogP contribution in [0.1, 0.15) is 35.6 Å². The van der Waals surface area contributed by atoms with Crippen LogP contribution in [0.2, 0.25) is 0 Å². The summed E-state index contributed by atoms with van der Waals surface area (Å²) in [5, 5.41) is 8.60. The summed E-state index contributed by atoms with van der Waals surface area (Å²) in [5.41, 5.74) is 1.48. The lowest BCUT2D eigenvalue weighted by atomic mass is 9.95. The third-order valence-electron chi connectivity index (χ3n) is 5.91. The first kappa shape index (κ1) is 16.4. The summed E-state index contributed by atoms with van der Waals surface area (Å²) in [6.07, 6.45) is 6.83. The van der Waals surface area contributed by atoms with Crippen molar-refractivity contribution in [2.75, 3.05) is 0 Å². The summed E-state index contributed by atoms with van der Waals surface area (Å²) in [4.78, 5) is 24.1. The fraction of sp³-hybridized carbons (Fsp3) is 0.400. The molecule has 138 valence electrons. The Bertz CT molecular complexity index is 985. The Balaban J connectivity index is 1.33. The highest BCUT2D eigenvalue weighted by molar-refractivity contribution is 6.05. The Labute approximate surface area is 157 Å². The number of carbonyl (C=O) groups is 1. The van der Waals surface area contributed by atoms with Gasteiger partial charge in [-0.25, -0.2) is 9.97 Å². The fourth-order valence-corrected chi connectivity index (χ4v) is 4.70. The van der Waals surface area contributed by atoms with Crippen LogP contribution in [0.25, 0.3) is 10.9 Å². The summed E-state index contributed by atoms with van der Waals surface area (Å²) in [6.45, 7) is 0.745. The molecule has 2 aromatic heterocycles. The summed E-state index contributed by atoms with van der Waals surface area (Å²) in [5.74, 6) is 0.761. The number of benzene rings is 1. The van der Waals surface area contributed by atoms with E-state index in [2.05, 4.69) is 25.3 Å². The molecule has 2 aliphatic rings. The molecule has 1 N–H and O–H groups in total. The molecule has 27 heavy (non-hydrogen) atoms. The molecule has 7 nitrogen and oxygen atoms in total. The maximum atomic E-state index is 12.9. The van der Waals surface area contributed by atoms with Crippen molar-refractivity contribution in [3.63, 3.8) is 0 Å². The van der Waals surface area contributed by atoms with Crippen molar-refractivity contribution in [3.8, 4) is 0 Å². The van der Waals surface area contributed by atoms with Crippen LogP contribution < -0.4 is 5.32 Å². The second-order valence-corrected chi connectivity index (χ2v) is 7.44. The molecule has 2 aliphatic heterocycles. The van der Waals surface area contributed by atoms with Gasteiger partial charge in [-0.15, -0.1) is 0 Å². The molecule has 3 aromatic rings. The molecule has 0 spiro atoms. The molecular formula is C20H22N6O. The molecular weight excluding hydrogens is 340 g/mol. The van der Waals surface area contributed by atoms with E-state index in [1.165, 1.54) is 6.42 Å². The quantitative estimate of drug-likeness (QED) is 0.767. The van der Waals surface area contributed by atoms with E-state index in [4.69, 9.17) is 0 Å². The lowest BCUT2D eigenvalue weighted by Gasteiger charge is -2.24. The van der Waals surface area contributed by atoms with Gasteiger partial charge in [-0.1, -0.05) is 18.2 Å². The van der Waals surface area contributed by atoms with E-state index in [1.54, 1.807) is 17.1 Å². The van der Waals surface area contributed by atoms with Crippen molar-refractivity contribution in [2.45, 2.75) is 43.9 Å². The van der Waals surface area contributed by atoms with E-state index in [0.717, 1.165) is 36.1 Å². The average molecular weight is 362 g/mol. The lowest BCUT2D eigenvalue weighted by Crippen LogP contribution is -2.44. The second kappa shape index (κ2) is 6.42. The largest absolute Gasteiger partial charge is 0.346 e. The van der Waals surface area contributed by atoms with Crippen molar-refractivity contribution in [1.82, 2.24) is 30.0 Å². The third-order valence-corrected chi connectivity index (χ3v) is 5.91. The van der Waals surface area contributed by atoms with Crippen LogP contribution in [-0.2, 0) is 13.6 Å². The molecule has 5 rings (SSSR count). The van der Waals surface area contributed by atoms with Crippen molar-refractivity contribution >= 4 is 16.8 Å². The first-order valence-corrected chi connectivity index (χ1v) is 9.45. The highest BCUT2D eigenvalue weighted by atomic mass is 16.2. The minimum Gasteiger partial charge on any atom is -0.346 e. The normalized spacial score (nSPS) is 24.6. The van der Waals surface area contributed by atoms with Crippen molar-refractivity contribution in [2.24, 2.45) is 7.05 Å². The van der Waals surface area contributed by atoms with Crippen molar-refractivity contribution in [1.29, 1.82) is 0 Å². The third kappa shape index (κ3) is 2.78. The van der Waals surface area contributed by atoms with Gasteiger partial charge >= 0.3 is 0 Å². The second-order valence-electron chi connectivity index (χ2n) is 7.44. The predicted octanol–water partition coefficient (Wildman–Crippen LogP) is 1.90. The number of hydrogen-bond donors (Lipinski definition) is 1. The number of aromatic nitrogens is 4. The van der Waals surface area contributed by atoms with Gasteiger partial charge in [0.2, 0.25) is 0 Å². The van der Waals surface area contributed by atoms with E-state index >= 15 is 0 Å². The van der Waals surface area contributed by atoms with Crippen molar-refractivity contribution in [3.05, 3.63) is 54.2 Å². The number of nitrogens with zero attached hydrogens (tertiary/aromatic N) is 5. The maximum absolute atomic E-state index is 12.9. The highest BCUT2D eigenvalue weighted by Crippen LogP contribution is 2.38. The summed E-state index contributed by atoms with van der Waals surface area (Å²) < 4.78 is 1.77. The Morgan fingerprint density at radius 3 is 2.85 bits per heavy atom. The number of para-hydroxylation sites is 1. The van der Waals surface area contributed by atoms with Crippen LogP contribution in [-0.4, -0.2) is 48.7 Å². The summed E-state index contributed by atoms with van der Waals surface area (Å²) in [7, 11) is 1.87. The number of amides is 1. The van der Waals surface area contributed by atoms with Gasteiger partial charge < -0.3 is 5.32 Å². The van der Waals surface area contributed by atoms with Crippen LogP contribution in [0.4, 0.5) is 0 Å². The topological polar surface area (TPSA) is 75.9 Å². The Hall–Kier alpha value is -2.80. The van der Waals surface area contributed by atoms with Crippen LogP contribution in [0, 0.1) is 0 Å². The molecule has 0 aliphatic carbocycles. The number of nitrogens with one attached hydrogen (secondary N) is 1. The SMILES string of the molecule is Cn1nc(C(=O)N[C@@H]2C[C@@H]3CC[C@H]2N3Cc2ncccn2)c2ccccc21. The molecule has 4 heterocycles. The fourth-order valence-electron chi connectivity index (χ4n) is 4.70. The van der Waals surface area contributed by atoms with Gasteiger partial charge in [-0.2, -0.15) is 5.10 Å². The van der Waals surface area contributed by atoms with E-state index in [9.17, 15) is 4.79 Å². The zero-order valence-electron chi connectivity index (χ0n) is 15.2. The Morgan fingerprint density at radius 1 is 1.19 bits per heavy atom. The number of aryl methyl sites for hydroxylation is 1. The van der Waals surface area contributed by atoms with Gasteiger partial charge in [-0.05, 0) is 31.4 Å². The van der Waals surface area contributed by atoms with Gasteiger partial charge in [0.15, 0.2) is 5.69 Å². The highest BCUT2D eigenvalue weighted by Gasteiger charge is 2.47. The number of carbonyl (C=O) groups excluding carboxylic acids is 1. The van der Waals surface area contributed by atoms with Gasteiger partial charge in [-0.3, -0.25) is 14.4 Å². The maximum Gasteiger partial charge on any atom is 0.272 e. The monoisotopic (exact) mass is 362 g/mol. The van der Waals surface area contributed by atoms with E-state index in [0.29, 0.717) is 17.8 Å². The Morgan fingerprint density at radius 2 is 2.00 bits per heavy atom. The van der Waals surface area contributed by atoms with E-state index in [1.807, 2.05) is 37.4 Å². The minimum atomic E-state index is -0.0831. The Kier molecular flexibility index (Phi) is 3.89. The van der Waals surface area contributed by atoms with Gasteiger partial charge in [0.25, 0.3) is 5.91 Å². The zero-order chi connectivity index (χ0) is 18.4. The lowest BCUT2D eigenvalue weighted by molar-refractivity contribution is 0.0921. The summed E-state index contributed by atoms with van der Waals surface area (Å²) in [6, 6.07) is 10.7. The minimum absolute atomic E-state index is 0.0831. The zero-order valence-corrected chi connectivity index (χ0v) is 15.2. The standard InChI is InChI=1S/C20H22N6O/c1-25-16-6-3-2-5-14(16)19(24-25)20(27)23-15-11-13-7-8-17(15)26(13)12-18-21-9-4-10-22-18/h2-6,9-10,13,15,17H,7-8,11-12H2,1H3,(H,23,27)/t13-,15+,17+/m0/s1. The van der Waals surface area contributed by atoms with E-state index < -0.39 is 0 Å². The van der Waals surface area contributed by atoms with Crippen LogP contribution in [0.15, 0.2) is 42.7 Å². The first-order chi connectivity index (χ1) is 13.2. The molecule has 0 radical (unpaired) electrons. The van der Waals surface area contributed by atoms with Crippen LogP contribution in [0.3, 0.4) is 0 Å². The molecule has 7 heteroatoms.